The molecule has 0 bridgehead atoms. The normalized spacial score (nSPS) is 14.3. The Morgan fingerprint density at radius 3 is 2.50 bits per heavy atom. The fraction of sp³-hybridized carbons (Fsp3) is 0.0385. The average molecular weight is 494 g/mol. The molecule has 0 unspecified atom stereocenters. The second kappa shape index (κ2) is 10.4. The molecule has 1 aliphatic heterocycles. The maximum absolute atomic E-state index is 12.3. The van der Waals surface area contributed by atoms with Gasteiger partial charge in [0.1, 0.15) is 0 Å². The van der Waals surface area contributed by atoms with Crippen molar-refractivity contribution >= 4 is 53.2 Å². The van der Waals surface area contributed by atoms with E-state index < -0.39 is 11.9 Å². The third-order valence-corrected chi connectivity index (χ3v) is 5.24. The number of esters is 2. The van der Waals surface area contributed by atoms with E-state index in [1.165, 1.54) is 25.3 Å². The van der Waals surface area contributed by atoms with Gasteiger partial charge in [-0.2, -0.15) is 0 Å². The van der Waals surface area contributed by atoms with Crippen LogP contribution in [0.15, 0.2) is 83.5 Å². The summed E-state index contributed by atoms with van der Waals surface area (Å²) in [6.07, 6.45) is 4.52. The number of halogens is 2. The Morgan fingerprint density at radius 1 is 0.971 bits per heavy atom. The van der Waals surface area contributed by atoms with Crippen molar-refractivity contribution in [2.45, 2.75) is 0 Å². The summed E-state index contributed by atoms with van der Waals surface area (Å²) >= 11 is 12.1. The highest BCUT2D eigenvalue weighted by molar-refractivity contribution is 6.37. The van der Waals surface area contributed by atoms with E-state index in [1.54, 1.807) is 36.4 Å². The summed E-state index contributed by atoms with van der Waals surface area (Å²) in [4.78, 5) is 28.8. The number of nitrogens with zero attached hydrogens (tertiary/aromatic N) is 1. The Bertz CT molecular complexity index is 1350. The molecule has 170 valence electrons. The zero-order valence-corrected chi connectivity index (χ0v) is 19.3. The molecule has 0 fully saturated rings. The maximum Gasteiger partial charge on any atom is 0.363 e. The molecule has 1 aliphatic rings. The Kier molecular flexibility index (Phi) is 7.11. The van der Waals surface area contributed by atoms with Crippen LogP contribution in [0.1, 0.15) is 16.7 Å². The molecular formula is C26H17Cl2NO5. The first-order chi connectivity index (χ1) is 16.4. The third kappa shape index (κ3) is 5.54. The highest BCUT2D eigenvalue weighted by Crippen LogP contribution is 2.31. The molecule has 3 aromatic rings. The van der Waals surface area contributed by atoms with Gasteiger partial charge in [-0.1, -0.05) is 59.6 Å². The molecule has 3 aromatic carbocycles. The van der Waals surface area contributed by atoms with Crippen molar-refractivity contribution in [3.05, 3.63) is 105 Å². The van der Waals surface area contributed by atoms with Gasteiger partial charge >= 0.3 is 11.9 Å². The van der Waals surface area contributed by atoms with Crippen molar-refractivity contribution in [3.8, 4) is 11.5 Å². The van der Waals surface area contributed by atoms with E-state index in [2.05, 4.69) is 4.99 Å². The number of benzene rings is 3. The van der Waals surface area contributed by atoms with Crippen LogP contribution in [-0.2, 0) is 14.3 Å². The SMILES string of the molecule is COc1cc(/C=C2\N=C(c3ccc(Cl)cc3Cl)OC2=O)ccc1OC(=O)/C=C/c1ccccc1. The van der Waals surface area contributed by atoms with Gasteiger partial charge in [-0.3, -0.25) is 0 Å². The molecule has 0 spiro atoms. The molecule has 0 saturated carbocycles. The van der Waals surface area contributed by atoms with E-state index in [1.807, 2.05) is 30.3 Å². The van der Waals surface area contributed by atoms with Crippen LogP contribution < -0.4 is 9.47 Å². The van der Waals surface area contributed by atoms with Gasteiger partial charge in [0.2, 0.25) is 5.90 Å². The van der Waals surface area contributed by atoms with Crippen LogP contribution in [0.3, 0.4) is 0 Å². The minimum absolute atomic E-state index is 0.0820. The number of carbonyl (C=O) groups excluding carboxylic acids is 2. The predicted octanol–water partition coefficient (Wildman–Crippen LogP) is 5.97. The summed E-state index contributed by atoms with van der Waals surface area (Å²) in [5.41, 5.74) is 2.00. The Balaban J connectivity index is 1.53. The zero-order chi connectivity index (χ0) is 24.1. The number of hydrogen-bond acceptors (Lipinski definition) is 6. The first kappa shape index (κ1) is 23.3. The number of rotatable bonds is 6. The molecule has 0 N–H and O–H groups in total. The largest absolute Gasteiger partial charge is 0.493 e. The zero-order valence-electron chi connectivity index (χ0n) is 17.8. The van der Waals surface area contributed by atoms with Gasteiger partial charge in [-0.05, 0) is 53.6 Å². The number of carbonyl (C=O) groups is 2. The van der Waals surface area contributed by atoms with E-state index in [9.17, 15) is 9.59 Å². The van der Waals surface area contributed by atoms with Gasteiger partial charge in [0.15, 0.2) is 17.2 Å². The van der Waals surface area contributed by atoms with E-state index in [4.69, 9.17) is 37.4 Å². The lowest BCUT2D eigenvalue weighted by Gasteiger charge is -2.08. The Morgan fingerprint density at radius 2 is 1.76 bits per heavy atom. The van der Waals surface area contributed by atoms with Gasteiger partial charge in [0.05, 0.1) is 17.7 Å². The Labute approximate surface area is 205 Å². The first-order valence-electron chi connectivity index (χ1n) is 10.0. The summed E-state index contributed by atoms with van der Waals surface area (Å²) < 4.78 is 16.0. The molecule has 6 nitrogen and oxygen atoms in total. The highest BCUT2D eigenvalue weighted by atomic mass is 35.5. The monoisotopic (exact) mass is 493 g/mol. The summed E-state index contributed by atoms with van der Waals surface area (Å²) in [5, 5.41) is 0.771. The molecular weight excluding hydrogens is 477 g/mol. The van der Waals surface area contributed by atoms with E-state index in [0.717, 1.165) is 5.56 Å². The number of cyclic esters (lactones) is 1. The van der Waals surface area contributed by atoms with E-state index >= 15 is 0 Å². The summed E-state index contributed by atoms with van der Waals surface area (Å²) in [7, 11) is 1.45. The quantitative estimate of drug-likeness (QED) is 0.240. The molecule has 4 rings (SSSR count). The lowest BCUT2D eigenvalue weighted by Crippen LogP contribution is -2.06. The van der Waals surface area contributed by atoms with Crippen molar-refractivity contribution in [1.82, 2.24) is 0 Å². The van der Waals surface area contributed by atoms with Gasteiger partial charge in [0, 0.05) is 11.1 Å². The summed E-state index contributed by atoms with van der Waals surface area (Å²) in [6, 6.07) is 19.0. The minimum Gasteiger partial charge on any atom is -0.493 e. The van der Waals surface area contributed by atoms with E-state index in [-0.39, 0.29) is 17.3 Å². The lowest BCUT2D eigenvalue weighted by atomic mass is 10.1. The highest BCUT2D eigenvalue weighted by Gasteiger charge is 2.26. The van der Waals surface area contributed by atoms with Crippen LogP contribution in [0.4, 0.5) is 0 Å². The standard InChI is InChI=1S/C26H17Cl2NO5/c1-32-23-14-17(7-11-22(23)33-24(30)12-8-16-5-3-2-4-6-16)13-21-26(31)34-25(29-21)19-10-9-18(27)15-20(19)28/h2-15H,1H3/b12-8+,21-13-. The van der Waals surface area contributed by atoms with Crippen LogP contribution in [0.2, 0.25) is 10.0 Å². The van der Waals surface area contributed by atoms with Crippen molar-refractivity contribution in [1.29, 1.82) is 0 Å². The van der Waals surface area contributed by atoms with Gasteiger partial charge < -0.3 is 14.2 Å². The van der Waals surface area contributed by atoms with Crippen LogP contribution in [0, 0.1) is 0 Å². The van der Waals surface area contributed by atoms with Gasteiger partial charge in [0.25, 0.3) is 0 Å². The smallest absolute Gasteiger partial charge is 0.363 e. The number of hydrogen-bond donors (Lipinski definition) is 0. The van der Waals surface area contributed by atoms with Crippen molar-refractivity contribution in [3.63, 3.8) is 0 Å². The molecule has 0 atom stereocenters. The minimum atomic E-state index is -0.624. The van der Waals surface area contributed by atoms with Crippen molar-refractivity contribution in [2.24, 2.45) is 4.99 Å². The fourth-order valence-electron chi connectivity index (χ4n) is 3.07. The molecule has 0 aromatic heterocycles. The second-order valence-corrected chi connectivity index (χ2v) is 7.88. The van der Waals surface area contributed by atoms with Crippen molar-refractivity contribution < 1.29 is 23.8 Å². The van der Waals surface area contributed by atoms with Crippen molar-refractivity contribution in [2.75, 3.05) is 7.11 Å². The van der Waals surface area contributed by atoms with Gasteiger partial charge in [-0.15, -0.1) is 0 Å². The summed E-state index contributed by atoms with van der Waals surface area (Å²) in [5.74, 6) is -0.547. The first-order valence-corrected chi connectivity index (χ1v) is 10.8. The van der Waals surface area contributed by atoms with Crippen LogP contribution in [-0.4, -0.2) is 24.9 Å². The van der Waals surface area contributed by atoms with Crippen LogP contribution >= 0.6 is 23.2 Å². The summed E-state index contributed by atoms with van der Waals surface area (Å²) in [6.45, 7) is 0. The molecule has 0 aliphatic carbocycles. The van der Waals surface area contributed by atoms with Crippen LogP contribution in [0.25, 0.3) is 12.2 Å². The molecule has 1 heterocycles. The number of aliphatic imine (C=N–C) groups is 1. The average Bonchev–Trinajstić information content (AvgIpc) is 3.19. The molecule has 34 heavy (non-hydrogen) atoms. The molecule has 0 radical (unpaired) electrons. The molecule has 8 heteroatoms. The predicted molar refractivity (Wildman–Crippen MR) is 131 cm³/mol. The van der Waals surface area contributed by atoms with Gasteiger partial charge in [-0.25, -0.2) is 14.6 Å². The fourth-order valence-corrected chi connectivity index (χ4v) is 3.56. The third-order valence-electron chi connectivity index (χ3n) is 4.70. The molecule has 0 saturated heterocycles. The number of methoxy groups -OCH3 is 1. The second-order valence-electron chi connectivity index (χ2n) is 7.04. The Hall–Kier alpha value is -3.87. The lowest BCUT2D eigenvalue weighted by molar-refractivity contribution is -0.130. The topological polar surface area (TPSA) is 74.2 Å². The van der Waals surface area contributed by atoms with Crippen LogP contribution in [0.5, 0.6) is 11.5 Å². The van der Waals surface area contributed by atoms with E-state index in [0.29, 0.717) is 26.9 Å². The number of ether oxygens (including phenoxy) is 3. The maximum atomic E-state index is 12.3. The molecule has 0 amide bonds.